The van der Waals surface area contributed by atoms with Crippen molar-refractivity contribution in [3.05, 3.63) is 47.8 Å². The van der Waals surface area contributed by atoms with Gasteiger partial charge in [0.25, 0.3) is 5.91 Å². The number of carbonyl (C=O) groups excluding carboxylic acids is 1. The van der Waals surface area contributed by atoms with Gasteiger partial charge in [-0.15, -0.1) is 0 Å². The van der Waals surface area contributed by atoms with E-state index in [0.717, 1.165) is 6.26 Å². The minimum absolute atomic E-state index is 0.249. The molecule has 1 heterocycles. The highest BCUT2D eigenvalue weighted by molar-refractivity contribution is 7.92. The van der Waals surface area contributed by atoms with Crippen LogP contribution in [0.15, 0.2) is 40.8 Å². The Balaban J connectivity index is 2.36. The van der Waals surface area contributed by atoms with E-state index in [0.29, 0.717) is 22.2 Å². The number of halogens is 1. The number of sulfonamides is 1. The van der Waals surface area contributed by atoms with Crippen molar-refractivity contribution in [1.82, 2.24) is 5.32 Å². The van der Waals surface area contributed by atoms with Crippen molar-refractivity contribution >= 4 is 32.6 Å². The number of benzene rings is 2. The summed E-state index contributed by atoms with van der Waals surface area (Å²) in [5.41, 5.74) is 1.36. The first kappa shape index (κ1) is 21.6. The van der Waals surface area contributed by atoms with Crippen molar-refractivity contribution in [2.75, 3.05) is 24.7 Å². The summed E-state index contributed by atoms with van der Waals surface area (Å²) in [4.78, 5) is 12.6. The third-order valence-corrected chi connectivity index (χ3v) is 5.95. The van der Waals surface area contributed by atoms with Gasteiger partial charge in [0.15, 0.2) is 0 Å². The van der Waals surface area contributed by atoms with Crippen LogP contribution in [0.5, 0.6) is 5.75 Å². The molecule has 2 aromatic carbocycles. The first-order valence-electron chi connectivity index (χ1n) is 9.20. The summed E-state index contributed by atoms with van der Waals surface area (Å²) in [6, 6.07) is 8.29. The molecule has 1 aromatic heterocycles. The van der Waals surface area contributed by atoms with Crippen LogP contribution >= 0.6 is 0 Å². The average molecular weight is 434 g/mol. The van der Waals surface area contributed by atoms with E-state index >= 15 is 0 Å². The van der Waals surface area contributed by atoms with Crippen molar-refractivity contribution < 1.29 is 26.8 Å². The SMILES string of the molecule is CNC(=O)c1c(-c2ccc(F)cc2)oc2cc(N(C(C)C)S(C)(=O)=O)c(OC)cc12. The van der Waals surface area contributed by atoms with Gasteiger partial charge in [0.05, 0.1) is 24.6 Å². The molecule has 0 spiro atoms. The minimum Gasteiger partial charge on any atom is -0.495 e. The number of ether oxygens (including phenoxy) is 1. The van der Waals surface area contributed by atoms with E-state index in [4.69, 9.17) is 9.15 Å². The molecule has 0 aliphatic rings. The third kappa shape index (κ3) is 3.85. The molecule has 9 heteroatoms. The number of rotatable bonds is 6. The summed E-state index contributed by atoms with van der Waals surface area (Å²) in [7, 11) is -0.695. The summed E-state index contributed by atoms with van der Waals surface area (Å²) in [5.74, 6) is -0.287. The maximum Gasteiger partial charge on any atom is 0.255 e. The van der Waals surface area contributed by atoms with Crippen molar-refractivity contribution in [2.45, 2.75) is 19.9 Å². The average Bonchev–Trinajstić information content (AvgIpc) is 3.04. The zero-order valence-electron chi connectivity index (χ0n) is 17.3. The van der Waals surface area contributed by atoms with Gasteiger partial charge in [-0.3, -0.25) is 9.10 Å². The van der Waals surface area contributed by atoms with E-state index < -0.39 is 21.7 Å². The van der Waals surface area contributed by atoms with Crippen LogP contribution in [-0.4, -0.2) is 40.8 Å². The van der Waals surface area contributed by atoms with Gasteiger partial charge in [-0.25, -0.2) is 12.8 Å². The standard InChI is InChI=1S/C21H23FN2O5S/c1-12(2)24(30(5,26)27)16-11-17-15(10-18(16)28-4)19(21(25)23-3)20(29-17)13-6-8-14(22)9-7-13/h6-12H,1-5H3,(H,23,25). The fourth-order valence-electron chi connectivity index (χ4n) is 3.44. The number of anilines is 1. The van der Waals surface area contributed by atoms with Crippen LogP contribution in [0.1, 0.15) is 24.2 Å². The number of fused-ring (bicyclic) bond motifs is 1. The molecule has 0 fully saturated rings. The Morgan fingerprint density at radius 3 is 2.33 bits per heavy atom. The monoisotopic (exact) mass is 434 g/mol. The molecule has 3 rings (SSSR count). The minimum atomic E-state index is -3.61. The van der Waals surface area contributed by atoms with Gasteiger partial charge in [0, 0.05) is 30.1 Å². The van der Waals surface area contributed by atoms with E-state index in [-0.39, 0.29) is 23.1 Å². The topological polar surface area (TPSA) is 88.9 Å². The van der Waals surface area contributed by atoms with Crippen LogP contribution < -0.4 is 14.4 Å². The molecule has 0 radical (unpaired) electrons. The second-order valence-corrected chi connectivity index (χ2v) is 8.92. The second kappa shape index (κ2) is 7.98. The molecule has 7 nitrogen and oxygen atoms in total. The normalized spacial score (nSPS) is 11.7. The van der Waals surface area contributed by atoms with Crippen LogP contribution in [0.25, 0.3) is 22.3 Å². The highest BCUT2D eigenvalue weighted by Crippen LogP contribution is 2.41. The van der Waals surface area contributed by atoms with E-state index in [1.165, 1.54) is 48.8 Å². The van der Waals surface area contributed by atoms with E-state index in [1.54, 1.807) is 19.9 Å². The molecule has 0 saturated heterocycles. The summed E-state index contributed by atoms with van der Waals surface area (Å²) in [6.07, 6.45) is 1.11. The highest BCUT2D eigenvalue weighted by Gasteiger charge is 2.28. The first-order chi connectivity index (χ1) is 14.1. The Labute approximate surface area is 174 Å². The van der Waals surface area contributed by atoms with Gasteiger partial charge in [0.2, 0.25) is 10.0 Å². The number of methoxy groups -OCH3 is 1. The number of amides is 1. The molecule has 160 valence electrons. The summed E-state index contributed by atoms with van der Waals surface area (Å²) < 4.78 is 50.8. The molecule has 1 amide bonds. The third-order valence-electron chi connectivity index (χ3n) is 4.61. The van der Waals surface area contributed by atoms with E-state index in [9.17, 15) is 17.6 Å². The Morgan fingerprint density at radius 1 is 1.20 bits per heavy atom. The highest BCUT2D eigenvalue weighted by atomic mass is 32.2. The summed E-state index contributed by atoms with van der Waals surface area (Å²) in [5, 5.41) is 3.03. The summed E-state index contributed by atoms with van der Waals surface area (Å²) >= 11 is 0. The predicted molar refractivity (Wildman–Crippen MR) is 114 cm³/mol. The molecule has 0 unspecified atom stereocenters. The van der Waals surface area contributed by atoms with Gasteiger partial charge in [-0.1, -0.05) is 0 Å². The second-order valence-electron chi connectivity index (χ2n) is 7.06. The van der Waals surface area contributed by atoms with Crippen LogP contribution in [0.4, 0.5) is 10.1 Å². The number of hydrogen-bond donors (Lipinski definition) is 1. The number of furan rings is 1. The number of carbonyl (C=O) groups is 1. The predicted octanol–water partition coefficient (Wildman–Crippen LogP) is 3.78. The zero-order chi connectivity index (χ0) is 22.2. The molecule has 0 aliphatic carbocycles. The lowest BCUT2D eigenvalue weighted by Crippen LogP contribution is -2.36. The molecule has 0 atom stereocenters. The van der Waals surface area contributed by atoms with Gasteiger partial charge in [0.1, 0.15) is 22.9 Å². The molecule has 0 aliphatic heterocycles. The Kier molecular flexibility index (Phi) is 5.76. The molecule has 30 heavy (non-hydrogen) atoms. The molecule has 3 aromatic rings. The lowest BCUT2D eigenvalue weighted by atomic mass is 10.0. The molecule has 1 N–H and O–H groups in total. The van der Waals surface area contributed by atoms with Crippen molar-refractivity contribution in [3.8, 4) is 17.1 Å². The number of hydrogen-bond acceptors (Lipinski definition) is 5. The lowest BCUT2D eigenvalue weighted by molar-refractivity contribution is 0.0964. The fourth-order valence-corrected chi connectivity index (χ4v) is 4.71. The van der Waals surface area contributed by atoms with E-state index in [1.807, 2.05) is 0 Å². The Bertz CT molecular complexity index is 1200. The molecule has 0 bridgehead atoms. The maximum absolute atomic E-state index is 13.4. The smallest absolute Gasteiger partial charge is 0.255 e. The van der Waals surface area contributed by atoms with Crippen LogP contribution in [0, 0.1) is 5.82 Å². The first-order valence-corrected chi connectivity index (χ1v) is 11.0. The van der Waals surface area contributed by atoms with Crippen molar-refractivity contribution in [2.24, 2.45) is 0 Å². The molecular weight excluding hydrogens is 411 g/mol. The van der Waals surface area contributed by atoms with E-state index in [2.05, 4.69) is 5.32 Å². The Hall–Kier alpha value is -3.07. The van der Waals surface area contributed by atoms with Crippen LogP contribution in [0.3, 0.4) is 0 Å². The van der Waals surface area contributed by atoms with Crippen molar-refractivity contribution in [3.63, 3.8) is 0 Å². The van der Waals surface area contributed by atoms with Crippen LogP contribution in [-0.2, 0) is 10.0 Å². The van der Waals surface area contributed by atoms with Crippen LogP contribution in [0.2, 0.25) is 0 Å². The summed E-state index contributed by atoms with van der Waals surface area (Å²) in [6.45, 7) is 3.49. The fraction of sp³-hybridized carbons (Fsp3) is 0.286. The molecule has 0 saturated carbocycles. The number of nitrogens with zero attached hydrogens (tertiary/aromatic N) is 1. The quantitative estimate of drug-likeness (QED) is 0.638. The molecular formula is C21H23FN2O5S. The number of nitrogens with one attached hydrogen (secondary N) is 1. The van der Waals surface area contributed by atoms with Gasteiger partial charge in [-0.05, 0) is 44.2 Å². The van der Waals surface area contributed by atoms with Gasteiger partial charge in [-0.2, -0.15) is 0 Å². The lowest BCUT2D eigenvalue weighted by Gasteiger charge is -2.27. The van der Waals surface area contributed by atoms with Gasteiger partial charge >= 0.3 is 0 Å². The maximum atomic E-state index is 13.4. The van der Waals surface area contributed by atoms with Crippen molar-refractivity contribution in [1.29, 1.82) is 0 Å². The largest absolute Gasteiger partial charge is 0.495 e. The van der Waals surface area contributed by atoms with Gasteiger partial charge < -0.3 is 14.5 Å². The Morgan fingerprint density at radius 2 is 1.83 bits per heavy atom. The zero-order valence-corrected chi connectivity index (χ0v) is 18.1.